The van der Waals surface area contributed by atoms with Crippen LogP contribution in [-0.2, 0) is 4.79 Å². The topological polar surface area (TPSA) is 37.3 Å². The van der Waals surface area contributed by atoms with Crippen molar-refractivity contribution in [2.45, 2.75) is 12.8 Å². The third-order valence-corrected chi connectivity index (χ3v) is 1.84. The maximum absolute atomic E-state index is 10.2. The molecule has 1 aromatic carbocycles. The van der Waals surface area contributed by atoms with Crippen LogP contribution in [0.25, 0.3) is 6.08 Å². The van der Waals surface area contributed by atoms with Crippen LogP contribution in [-0.4, -0.2) is 11.1 Å². The third kappa shape index (κ3) is 5.47. The summed E-state index contributed by atoms with van der Waals surface area (Å²) in [6.07, 6.45) is 8.41. The van der Waals surface area contributed by atoms with Gasteiger partial charge in [-0.05, 0) is 12.0 Å². The zero-order chi connectivity index (χ0) is 10.9. The van der Waals surface area contributed by atoms with Crippen LogP contribution in [0, 0.1) is 0 Å². The molecule has 15 heavy (non-hydrogen) atoms. The SMILES string of the molecule is O=C(O)C/C=C/C/C=C/c1ccccc1. The molecule has 78 valence electrons. The van der Waals surface area contributed by atoms with Gasteiger partial charge < -0.3 is 5.11 Å². The lowest BCUT2D eigenvalue weighted by atomic mass is 10.2. The summed E-state index contributed by atoms with van der Waals surface area (Å²) in [4.78, 5) is 10.2. The van der Waals surface area contributed by atoms with Gasteiger partial charge in [0.05, 0.1) is 6.42 Å². The fourth-order valence-corrected chi connectivity index (χ4v) is 1.13. The van der Waals surface area contributed by atoms with E-state index in [1.165, 1.54) is 0 Å². The van der Waals surface area contributed by atoms with Crippen molar-refractivity contribution in [3.63, 3.8) is 0 Å². The third-order valence-electron chi connectivity index (χ3n) is 1.84. The quantitative estimate of drug-likeness (QED) is 0.745. The normalized spacial score (nSPS) is 11.2. The Bertz CT molecular complexity index is 350. The van der Waals surface area contributed by atoms with Crippen molar-refractivity contribution >= 4 is 12.0 Å². The first-order valence-electron chi connectivity index (χ1n) is 4.87. The molecule has 0 aliphatic carbocycles. The number of hydrogen-bond acceptors (Lipinski definition) is 1. The monoisotopic (exact) mass is 202 g/mol. The van der Waals surface area contributed by atoms with Gasteiger partial charge in [0.25, 0.3) is 0 Å². The second-order valence-electron chi connectivity index (χ2n) is 3.12. The molecule has 0 bridgehead atoms. The number of carboxylic acid groups (broad SMARTS) is 1. The second kappa shape index (κ2) is 6.60. The Morgan fingerprint density at radius 2 is 1.87 bits per heavy atom. The number of aliphatic carboxylic acids is 1. The molecule has 0 saturated carbocycles. The van der Waals surface area contributed by atoms with Crippen LogP contribution in [0.2, 0.25) is 0 Å². The first-order valence-corrected chi connectivity index (χ1v) is 4.87. The Morgan fingerprint density at radius 3 is 2.53 bits per heavy atom. The highest BCUT2D eigenvalue weighted by Crippen LogP contribution is 2.02. The van der Waals surface area contributed by atoms with Gasteiger partial charge >= 0.3 is 5.97 Å². The van der Waals surface area contributed by atoms with Gasteiger partial charge in [-0.3, -0.25) is 4.79 Å². The van der Waals surface area contributed by atoms with E-state index >= 15 is 0 Å². The van der Waals surface area contributed by atoms with E-state index in [4.69, 9.17) is 5.11 Å². The van der Waals surface area contributed by atoms with Crippen molar-refractivity contribution in [2.24, 2.45) is 0 Å². The number of carbonyl (C=O) groups is 1. The van der Waals surface area contributed by atoms with Gasteiger partial charge in [-0.2, -0.15) is 0 Å². The van der Waals surface area contributed by atoms with Gasteiger partial charge in [-0.1, -0.05) is 54.6 Å². The van der Waals surface area contributed by atoms with Crippen molar-refractivity contribution in [3.8, 4) is 0 Å². The van der Waals surface area contributed by atoms with E-state index in [1.807, 2.05) is 48.6 Å². The number of rotatable bonds is 5. The van der Waals surface area contributed by atoms with Gasteiger partial charge in [0, 0.05) is 0 Å². The molecule has 0 aliphatic heterocycles. The summed E-state index contributed by atoms with van der Waals surface area (Å²) in [7, 11) is 0. The zero-order valence-electron chi connectivity index (χ0n) is 8.47. The van der Waals surface area contributed by atoms with Crippen LogP contribution in [0.3, 0.4) is 0 Å². The highest BCUT2D eigenvalue weighted by molar-refractivity contribution is 5.68. The zero-order valence-corrected chi connectivity index (χ0v) is 8.47. The molecule has 0 aliphatic rings. The fraction of sp³-hybridized carbons (Fsp3) is 0.154. The molecule has 0 fully saturated rings. The molecule has 0 amide bonds. The average molecular weight is 202 g/mol. The van der Waals surface area contributed by atoms with Crippen molar-refractivity contribution in [1.82, 2.24) is 0 Å². The predicted octanol–water partition coefficient (Wildman–Crippen LogP) is 3.12. The van der Waals surface area contributed by atoms with E-state index in [9.17, 15) is 4.79 Å². The van der Waals surface area contributed by atoms with Crippen LogP contribution < -0.4 is 0 Å². The summed E-state index contributed by atoms with van der Waals surface area (Å²) in [5, 5.41) is 8.38. The Balaban J connectivity index is 2.29. The minimum Gasteiger partial charge on any atom is -0.481 e. The van der Waals surface area contributed by atoms with Crippen LogP contribution in [0.1, 0.15) is 18.4 Å². The summed E-state index contributed by atoms with van der Waals surface area (Å²) in [5.74, 6) is -0.793. The largest absolute Gasteiger partial charge is 0.481 e. The first-order chi connectivity index (χ1) is 7.29. The molecule has 0 radical (unpaired) electrons. The van der Waals surface area contributed by atoms with Crippen LogP contribution >= 0.6 is 0 Å². The lowest BCUT2D eigenvalue weighted by Gasteiger charge is -1.89. The van der Waals surface area contributed by atoms with E-state index in [2.05, 4.69) is 0 Å². The predicted molar refractivity (Wildman–Crippen MR) is 61.5 cm³/mol. The van der Waals surface area contributed by atoms with Gasteiger partial charge in [-0.25, -0.2) is 0 Å². The molecule has 0 aromatic heterocycles. The number of carboxylic acids is 1. The van der Waals surface area contributed by atoms with Gasteiger partial charge in [-0.15, -0.1) is 0 Å². The van der Waals surface area contributed by atoms with Crippen molar-refractivity contribution in [3.05, 3.63) is 54.1 Å². The Labute approximate surface area is 89.6 Å². The van der Waals surface area contributed by atoms with Crippen LogP contribution in [0.15, 0.2) is 48.6 Å². The lowest BCUT2D eigenvalue weighted by molar-refractivity contribution is -0.136. The molecule has 0 spiro atoms. The molecule has 0 saturated heterocycles. The summed E-state index contributed by atoms with van der Waals surface area (Å²) < 4.78 is 0. The summed E-state index contributed by atoms with van der Waals surface area (Å²) in [6, 6.07) is 10.00. The molecule has 2 heteroatoms. The molecule has 1 N–H and O–H groups in total. The van der Waals surface area contributed by atoms with Gasteiger partial charge in [0.15, 0.2) is 0 Å². The van der Waals surface area contributed by atoms with Crippen molar-refractivity contribution in [1.29, 1.82) is 0 Å². The summed E-state index contributed by atoms with van der Waals surface area (Å²) in [5.41, 5.74) is 1.16. The summed E-state index contributed by atoms with van der Waals surface area (Å²) >= 11 is 0. The Hall–Kier alpha value is -1.83. The number of hydrogen-bond donors (Lipinski definition) is 1. The minimum absolute atomic E-state index is 0.0964. The smallest absolute Gasteiger partial charge is 0.307 e. The highest BCUT2D eigenvalue weighted by atomic mass is 16.4. The molecular weight excluding hydrogens is 188 g/mol. The fourth-order valence-electron chi connectivity index (χ4n) is 1.13. The number of benzene rings is 1. The maximum Gasteiger partial charge on any atom is 0.307 e. The molecule has 2 nitrogen and oxygen atoms in total. The van der Waals surface area contributed by atoms with Crippen molar-refractivity contribution in [2.75, 3.05) is 0 Å². The molecule has 1 aromatic rings. The standard InChI is InChI=1S/C13H14O2/c14-13(15)11-7-2-1-4-8-12-9-5-3-6-10-12/h2-10H,1,11H2,(H,14,15)/b7-2+,8-4+. The van der Waals surface area contributed by atoms with E-state index in [-0.39, 0.29) is 6.42 Å². The van der Waals surface area contributed by atoms with Gasteiger partial charge in [0.1, 0.15) is 0 Å². The van der Waals surface area contributed by atoms with E-state index in [0.717, 1.165) is 12.0 Å². The van der Waals surface area contributed by atoms with Gasteiger partial charge in [0.2, 0.25) is 0 Å². The van der Waals surface area contributed by atoms with E-state index in [0.29, 0.717) is 0 Å². The Kier molecular flexibility index (Phi) is 4.95. The Morgan fingerprint density at radius 1 is 1.13 bits per heavy atom. The van der Waals surface area contributed by atoms with E-state index in [1.54, 1.807) is 6.08 Å². The summed E-state index contributed by atoms with van der Waals surface area (Å²) in [6.45, 7) is 0. The van der Waals surface area contributed by atoms with Crippen molar-refractivity contribution < 1.29 is 9.90 Å². The molecule has 1 rings (SSSR count). The molecule has 0 unspecified atom stereocenters. The highest BCUT2D eigenvalue weighted by Gasteiger charge is 1.87. The first kappa shape index (κ1) is 11.2. The lowest BCUT2D eigenvalue weighted by Crippen LogP contribution is -1.89. The number of allylic oxidation sites excluding steroid dienone is 2. The average Bonchev–Trinajstić information content (AvgIpc) is 2.24. The second-order valence-corrected chi connectivity index (χ2v) is 3.12. The minimum atomic E-state index is -0.793. The molecule has 0 atom stereocenters. The van der Waals surface area contributed by atoms with Crippen LogP contribution in [0.4, 0.5) is 0 Å². The van der Waals surface area contributed by atoms with Crippen LogP contribution in [0.5, 0.6) is 0 Å². The molecular formula is C13H14O2. The maximum atomic E-state index is 10.2. The molecule has 0 heterocycles. The van der Waals surface area contributed by atoms with E-state index < -0.39 is 5.97 Å².